The highest BCUT2D eigenvalue weighted by atomic mass is 79.9. The summed E-state index contributed by atoms with van der Waals surface area (Å²) in [6.45, 7) is 1.62. The molecule has 0 amide bonds. The summed E-state index contributed by atoms with van der Waals surface area (Å²) in [5.41, 5.74) is 0. The minimum atomic E-state index is 0.471. The first-order valence-electron chi connectivity index (χ1n) is 6.87. The van der Waals surface area contributed by atoms with E-state index in [0.717, 1.165) is 28.8 Å². The van der Waals surface area contributed by atoms with Crippen LogP contribution in [0, 0.1) is 0 Å². The van der Waals surface area contributed by atoms with Crippen LogP contribution in [0.1, 0.15) is 12.8 Å². The van der Waals surface area contributed by atoms with E-state index in [1.54, 1.807) is 18.4 Å². The van der Waals surface area contributed by atoms with Crippen molar-refractivity contribution >= 4 is 32.4 Å². The maximum absolute atomic E-state index is 5.63. The third kappa shape index (κ3) is 2.25. The van der Waals surface area contributed by atoms with Gasteiger partial charge in [0.15, 0.2) is 10.9 Å². The van der Waals surface area contributed by atoms with Crippen molar-refractivity contribution < 1.29 is 9.47 Å². The Morgan fingerprint density at radius 3 is 2.81 bits per heavy atom. The standard InChI is InChI=1S/C13H15BrN4O2S/c1-19-12-15-10(14)4-17(12)11-7-21-13(16-11)18-8-2-3-9(18)6-20-5-8/h4,7-9H,2-3,5-6H2,1H3. The van der Waals surface area contributed by atoms with E-state index in [2.05, 4.69) is 25.8 Å². The number of ether oxygens (including phenoxy) is 2. The first-order valence-corrected chi connectivity index (χ1v) is 8.54. The van der Waals surface area contributed by atoms with E-state index in [4.69, 9.17) is 14.5 Å². The van der Waals surface area contributed by atoms with Crippen LogP contribution >= 0.6 is 27.3 Å². The molecule has 2 aliphatic heterocycles. The molecule has 0 spiro atoms. The number of anilines is 1. The monoisotopic (exact) mass is 370 g/mol. The van der Waals surface area contributed by atoms with Gasteiger partial charge < -0.3 is 14.4 Å². The average molecular weight is 371 g/mol. The highest BCUT2D eigenvalue weighted by Crippen LogP contribution is 2.36. The fraction of sp³-hybridized carbons (Fsp3) is 0.538. The zero-order valence-electron chi connectivity index (χ0n) is 11.5. The fourth-order valence-electron chi connectivity index (χ4n) is 3.07. The summed E-state index contributed by atoms with van der Waals surface area (Å²) in [5, 5.41) is 3.11. The van der Waals surface area contributed by atoms with E-state index in [-0.39, 0.29) is 0 Å². The van der Waals surface area contributed by atoms with Gasteiger partial charge in [-0.05, 0) is 28.8 Å². The Kier molecular flexibility index (Phi) is 3.39. The van der Waals surface area contributed by atoms with Crippen LogP contribution in [0.4, 0.5) is 5.13 Å². The van der Waals surface area contributed by atoms with Crippen molar-refractivity contribution in [3.63, 3.8) is 0 Å². The van der Waals surface area contributed by atoms with Gasteiger partial charge in [-0.2, -0.15) is 4.98 Å². The molecule has 0 aliphatic carbocycles. The lowest BCUT2D eigenvalue weighted by atomic mass is 10.2. The van der Waals surface area contributed by atoms with Crippen molar-refractivity contribution in [2.24, 2.45) is 0 Å². The van der Waals surface area contributed by atoms with Crippen LogP contribution in [0.5, 0.6) is 6.01 Å². The lowest BCUT2D eigenvalue weighted by molar-refractivity contribution is 0.0906. The van der Waals surface area contributed by atoms with Crippen molar-refractivity contribution in [3.05, 3.63) is 16.2 Å². The number of halogens is 1. The Balaban J connectivity index is 1.67. The summed E-state index contributed by atoms with van der Waals surface area (Å²) in [6, 6.07) is 1.47. The zero-order chi connectivity index (χ0) is 14.4. The van der Waals surface area contributed by atoms with Crippen molar-refractivity contribution in [2.75, 3.05) is 25.2 Å². The van der Waals surface area contributed by atoms with E-state index in [0.29, 0.717) is 18.1 Å². The topological polar surface area (TPSA) is 52.4 Å². The maximum Gasteiger partial charge on any atom is 0.303 e. The second-order valence-electron chi connectivity index (χ2n) is 5.24. The van der Waals surface area contributed by atoms with Crippen molar-refractivity contribution in [2.45, 2.75) is 24.9 Å². The number of hydrogen-bond acceptors (Lipinski definition) is 6. The molecule has 4 rings (SSSR count). The second kappa shape index (κ2) is 5.26. The molecular formula is C13H15BrN4O2S. The maximum atomic E-state index is 5.63. The molecule has 0 saturated carbocycles. The molecule has 21 heavy (non-hydrogen) atoms. The van der Waals surface area contributed by atoms with E-state index < -0.39 is 0 Å². The number of fused-ring (bicyclic) bond motifs is 2. The van der Waals surface area contributed by atoms with Crippen LogP contribution in [-0.4, -0.2) is 46.9 Å². The fourth-order valence-corrected chi connectivity index (χ4v) is 4.37. The van der Waals surface area contributed by atoms with Crippen LogP contribution in [0.15, 0.2) is 16.2 Å². The van der Waals surface area contributed by atoms with Gasteiger partial charge in [0, 0.05) is 11.6 Å². The van der Waals surface area contributed by atoms with Crippen molar-refractivity contribution in [3.8, 4) is 11.8 Å². The quantitative estimate of drug-likeness (QED) is 0.830. The summed E-state index contributed by atoms with van der Waals surface area (Å²) < 4.78 is 13.5. The van der Waals surface area contributed by atoms with Crippen LogP contribution in [-0.2, 0) is 4.74 Å². The molecule has 2 atom stereocenters. The number of aromatic nitrogens is 3. The second-order valence-corrected chi connectivity index (χ2v) is 6.89. The van der Waals surface area contributed by atoms with Crippen molar-refractivity contribution in [1.29, 1.82) is 0 Å². The number of hydrogen-bond donors (Lipinski definition) is 0. The van der Waals surface area contributed by atoms with Crippen LogP contribution in [0.3, 0.4) is 0 Å². The first-order chi connectivity index (χ1) is 10.3. The summed E-state index contributed by atoms with van der Waals surface area (Å²) in [6.07, 6.45) is 4.25. The van der Waals surface area contributed by atoms with Crippen LogP contribution in [0.2, 0.25) is 0 Å². The first kappa shape index (κ1) is 13.5. The molecule has 112 valence electrons. The van der Waals surface area contributed by atoms with Gasteiger partial charge in [0.1, 0.15) is 4.60 Å². The average Bonchev–Trinajstić information content (AvgIpc) is 3.15. The number of methoxy groups -OCH3 is 1. The van der Waals surface area contributed by atoms with Gasteiger partial charge in [-0.1, -0.05) is 0 Å². The van der Waals surface area contributed by atoms with Gasteiger partial charge in [-0.15, -0.1) is 11.3 Å². The molecule has 4 heterocycles. The lowest BCUT2D eigenvalue weighted by Gasteiger charge is -2.34. The van der Waals surface area contributed by atoms with E-state index in [1.807, 2.05) is 16.1 Å². The highest BCUT2D eigenvalue weighted by molar-refractivity contribution is 9.10. The molecule has 2 unspecified atom stereocenters. The minimum absolute atomic E-state index is 0.471. The molecule has 2 bridgehead atoms. The normalized spacial score (nSPS) is 24.6. The molecule has 6 nitrogen and oxygen atoms in total. The van der Waals surface area contributed by atoms with Gasteiger partial charge in [0.05, 0.1) is 32.4 Å². The Labute approximate surface area is 134 Å². The molecule has 2 aromatic heterocycles. The highest BCUT2D eigenvalue weighted by Gasteiger charge is 2.38. The molecule has 8 heteroatoms. The molecule has 0 radical (unpaired) electrons. The van der Waals surface area contributed by atoms with E-state index in [1.165, 1.54) is 12.8 Å². The summed E-state index contributed by atoms with van der Waals surface area (Å²) in [4.78, 5) is 11.5. The molecule has 0 aromatic carbocycles. The number of morpholine rings is 1. The lowest BCUT2D eigenvalue weighted by Crippen LogP contribution is -2.45. The molecule has 0 N–H and O–H groups in total. The molecule has 2 aromatic rings. The molecule has 2 saturated heterocycles. The number of rotatable bonds is 3. The SMILES string of the molecule is COc1nc(Br)cn1-c1csc(N2C3CCC2COC3)n1. The summed E-state index contributed by atoms with van der Waals surface area (Å²) >= 11 is 5.04. The minimum Gasteiger partial charge on any atom is -0.468 e. The van der Waals surface area contributed by atoms with Gasteiger partial charge >= 0.3 is 6.01 Å². The Morgan fingerprint density at radius 2 is 2.10 bits per heavy atom. The van der Waals surface area contributed by atoms with Gasteiger partial charge in [0.25, 0.3) is 0 Å². The number of thiazole rings is 1. The third-order valence-corrected chi connectivity index (χ3v) is 5.24. The van der Waals surface area contributed by atoms with Crippen LogP contribution < -0.4 is 9.64 Å². The number of imidazole rings is 1. The summed E-state index contributed by atoms with van der Waals surface area (Å²) in [5.74, 6) is 0.843. The molecule has 2 aliphatic rings. The summed E-state index contributed by atoms with van der Waals surface area (Å²) in [7, 11) is 1.61. The van der Waals surface area contributed by atoms with Gasteiger partial charge in [-0.25, -0.2) is 4.98 Å². The molecule has 2 fully saturated rings. The smallest absolute Gasteiger partial charge is 0.303 e. The van der Waals surface area contributed by atoms with Crippen LogP contribution in [0.25, 0.3) is 5.82 Å². The molecular weight excluding hydrogens is 356 g/mol. The Bertz CT molecular complexity index is 642. The number of nitrogens with zero attached hydrogens (tertiary/aromatic N) is 4. The van der Waals surface area contributed by atoms with Gasteiger partial charge in [0.2, 0.25) is 0 Å². The Morgan fingerprint density at radius 1 is 1.33 bits per heavy atom. The largest absolute Gasteiger partial charge is 0.468 e. The third-order valence-electron chi connectivity index (χ3n) is 4.01. The van der Waals surface area contributed by atoms with E-state index in [9.17, 15) is 0 Å². The predicted molar refractivity (Wildman–Crippen MR) is 83.6 cm³/mol. The Hall–Kier alpha value is -1.12. The van der Waals surface area contributed by atoms with Crippen molar-refractivity contribution in [1.82, 2.24) is 14.5 Å². The van der Waals surface area contributed by atoms with E-state index >= 15 is 0 Å². The predicted octanol–water partition coefficient (Wildman–Crippen LogP) is 2.47. The zero-order valence-corrected chi connectivity index (χ0v) is 13.9. The van der Waals surface area contributed by atoms with Gasteiger partial charge in [-0.3, -0.25) is 4.57 Å².